The van der Waals surface area contributed by atoms with Gasteiger partial charge in [0.25, 0.3) is 5.91 Å². The molecule has 8 nitrogen and oxygen atoms in total. The summed E-state index contributed by atoms with van der Waals surface area (Å²) in [5.74, 6) is -1.60. The maximum atomic E-state index is 13.7. The number of aryl methyl sites for hydroxylation is 2. The number of amides is 2. The van der Waals surface area contributed by atoms with Gasteiger partial charge in [0, 0.05) is 15.9 Å². The molecule has 170 valence electrons. The minimum atomic E-state index is -4.10. The zero-order valence-corrected chi connectivity index (χ0v) is 19.7. The third-order valence-corrected chi connectivity index (χ3v) is 7.08. The quantitative estimate of drug-likeness (QED) is 0.389. The number of hydrogen-bond acceptors (Lipinski definition) is 5. The number of benzene rings is 2. The summed E-state index contributed by atoms with van der Waals surface area (Å²) in [7, 11) is -4.10. The lowest BCUT2D eigenvalue weighted by atomic mass is 10.1. The number of aromatic nitrogens is 1. The van der Waals surface area contributed by atoms with Crippen LogP contribution in [0.15, 0.2) is 46.2 Å². The zero-order valence-electron chi connectivity index (χ0n) is 18.1. The van der Waals surface area contributed by atoms with Crippen molar-refractivity contribution in [3.8, 4) is 0 Å². The van der Waals surface area contributed by atoms with Gasteiger partial charge in [0.05, 0.1) is 4.90 Å². The van der Waals surface area contributed by atoms with Crippen molar-refractivity contribution in [1.29, 1.82) is 0 Å². The first kappa shape index (κ1) is 23.8. The van der Waals surface area contributed by atoms with E-state index in [1.807, 2.05) is 6.07 Å². The molecular weight excluding hydrogens is 452 g/mol. The molecule has 0 aliphatic rings. The van der Waals surface area contributed by atoms with Crippen LogP contribution in [0.1, 0.15) is 35.5 Å². The van der Waals surface area contributed by atoms with Crippen LogP contribution in [0.25, 0.3) is 10.9 Å². The van der Waals surface area contributed by atoms with E-state index in [0.29, 0.717) is 10.5 Å². The number of H-pyrrole nitrogens is 1. The Hall–Kier alpha value is -2.88. The first-order chi connectivity index (χ1) is 14.9. The van der Waals surface area contributed by atoms with Crippen molar-refractivity contribution in [2.24, 2.45) is 11.7 Å². The molecule has 0 bridgehead atoms. The predicted molar refractivity (Wildman–Crippen MR) is 123 cm³/mol. The molecule has 1 atom stereocenters. The molecule has 0 radical (unpaired) electrons. The van der Waals surface area contributed by atoms with Gasteiger partial charge in [0.1, 0.15) is 16.6 Å². The van der Waals surface area contributed by atoms with Crippen LogP contribution < -0.4 is 16.6 Å². The first-order valence-electron chi connectivity index (χ1n) is 9.91. The van der Waals surface area contributed by atoms with E-state index >= 15 is 0 Å². The Balaban J connectivity index is 2.15. The number of nitrogens with two attached hydrogens (primary N) is 1. The Labute approximate surface area is 191 Å². The van der Waals surface area contributed by atoms with Crippen LogP contribution >= 0.6 is 11.6 Å². The van der Waals surface area contributed by atoms with Gasteiger partial charge in [-0.05, 0) is 61.2 Å². The molecule has 1 heterocycles. The first-order valence-corrected chi connectivity index (χ1v) is 11.8. The van der Waals surface area contributed by atoms with Crippen molar-refractivity contribution in [2.75, 3.05) is 0 Å². The van der Waals surface area contributed by atoms with Gasteiger partial charge in [-0.1, -0.05) is 31.5 Å². The molecule has 32 heavy (non-hydrogen) atoms. The number of sulfone groups is 1. The summed E-state index contributed by atoms with van der Waals surface area (Å²) < 4.78 is 27.3. The third-order valence-electron chi connectivity index (χ3n) is 5.03. The van der Waals surface area contributed by atoms with Crippen LogP contribution in [0.5, 0.6) is 0 Å². The molecule has 10 heteroatoms. The van der Waals surface area contributed by atoms with E-state index in [1.54, 1.807) is 52.0 Å². The highest BCUT2D eigenvalue weighted by Crippen LogP contribution is 2.34. The van der Waals surface area contributed by atoms with Crippen molar-refractivity contribution >= 4 is 44.2 Å². The number of fused-ring (bicyclic) bond motifs is 1. The van der Waals surface area contributed by atoms with Gasteiger partial charge in [-0.3, -0.25) is 15.0 Å². The molecule has 3 aromatic rings. The van der Waals surface area contributed by atoms with Gasteiger partial charge < -0.3 is 10.7 Å². The number of nitrogens with one attached hydrogen (secondary N) is 3. The smallest absolute Gasteiger partial charge is 0.283 e. The van der Waals surface area contributed by atoms with Crippen molar-refractivity contribution < 1.29 is 18.0 Å². The SMILES string of the molecule is Cc1cc(C)cc(S(=O)(=O)c2c(C(=O)NNC(C(N)=O)C(C)C)[nH]c3ccc(Cl)cc23)c1. The molecule has 5 N–H and O–H groups in total. The lowest BCUT2D eigenvalue weighted by Gasteiger charge is -2.19. The Morgan fingerprint density at radius 2 is 1.69 bits per heavy atom. The molecular formula is C22H25ClN4O4S. The van der Waals surface area contributed by atoms with Crippen LogP contribution in [-0.2, 0) is 14.6 Å². The van der Waals surface area contributed by atoms with Crippen LogP contribution in [0.4, 0.5) is 0 Å². The van der Waals surface area contributed by atoms with Crippen molar-refractivity contribution in [1.82, 2.24) is 15.8 Å². The van der Waals surface area contributed by atoms with Gasteiger partial charge in [-0.2, -0.15) is 0 Å². The molecule has 0 saturated heterocycles. The summed E-state index contributed by atoms with van der Waals surface area (Å²) >= 11 is 6.13. The highest BCUT2D eigenvalue weighted by Gasteiger charge is 2.31. The molecule has 2 aromatic carbocycles. The highest BCUT2D eigenvalue weighted by molar-refractivity contribution is 7.91. The number of carbonyl (C=O) groups is 2. The van der Waals surface area contributed by atoms with E-state index < -0.39 is 27.7 Å². The Kier molecular flexibility index (Phi) is 6.64. The van der Waals surface area contributed by atoms with Crippen LogP contribution in [0.3, 0.4) is 0 Å². The number of carbonyl (C=O) groups excluding carboxylic acids is 2. The Bertz CT molecular complexity index is 1290. The highest BCUT2D eigenvalue weighted by atomic mass is 35.5. The second-order valence-electron chi connectivity index (χ2n) is 8.07. The van der Waals surface area contributed by atoms with E-state index in [-0.39, 0.29) is 26.8 Å². The molecule has 0 aliphatic carbocycles. The van der Waals surface area contributed by atoms with E-state index in [2.05, 4.69) is 15.8 Å². The van der Waals surface area contributed by atoms with Gasteiger partial charge in [0.15, 0.2) is 0 Å². The molecule has 0 aliphatic heterocycles. The number of rotatable bonds is 7. The third kappa shape index (κ3) is 4.64. The average molecular weight is 477 g/mol. The minimum Gasteiger partial charge on any atom is -0.368 e. The number of primary amides is 1. The second kappa shape index (κ2) is 8.93. The standard InChI is InChI=1S/C22H25ClN4O4S/c1-11(2)18(21(24)28)26-27-22(29)19-20(16-10-14(23)5-6-17(16)25-19)32(30,31)15-8-12(3)7-13(4)9-15/h5-11,18,25-26H,1-4H3,(H2,24,28)(H,27,29). The summed E-state index contributed by atoms with van der Waals surface area (Å²) in [6.07, 6.45) is 0. The fraction of sp³-hybridized carbons (Fsp3) is 0.273. The van der Waals surface area contributed by atoms with E-state index in [1.165, 1.54) is 6.07 Å². The fourth-order valence-electron chi connectivity index (χ4n) is 3.56. The summed E-state index contributed by atoms with van der Waals surface area (Å²) in [4.78, 5) is 27.4. The number of halogens is 1. The number of hydrazine groups is 1. The van der Waals surface area contributed by atoms with Crippen molar-refractivity contribution in [3.05, 3.63) is 58.2 Å². The lowest BCUT2D eigenvalue weighted by Crippen LogP contribution is -2.53. The van der Waals surface area contributed by atoms with Gasteiger partial charge in [-0.25, -0.2) is 13.8 Å². The zero-order chi connectivity index (χ0) is 23.8. The molecule has 2 amide bonds. The lowest BCUT2D eigenvalue weighted by molar-refractivity contribution is -0.121. The van der Waals surface area contributed by atoms with E-state index in [9.17, 15) is 18.0 Å². The van der Waals surface area contributed by atoms with Crippen molar-refractivity contribution in [3.63, 3.8) is 0 Å². The van der Waals surface area contributed by atoms with Gasteiger partial charge in [-0.15, -0.1) is 0 Å². The topological polar surface area (TPSA) is 134 Å². The number of aromatic amines is 1. The van der Waals surface area contributed by atoms with E-state index in [4.69, 9.17) is 17.3 Å². The predicted octanol–water partition coefficient (Wildman–Crippen LogP) is 3.02. The molecule has 1 unspecified atom stereocenters. The van der Waals surface area contributed by atoms with Crippen molar-refractivity contribution in [2.45, 2.75) is 43.5 Å². The van der Waals surface area contributed by atoms with E-state index in [0.717, 1.165) is 11.1 Å². The van der Waals surface area contributed by atoms with Gasteiger partial charge >= 0.3 is 0 Å². The maximum Gasteiger partial charge on any atom is 0.283 e. The summed E-state index contributed by atoms with van der Waals surface area (Å²) in [5, 5.41) is 0.615. The van der Waals surface area contributed by atoms with Crippen LogP contribution in [-0.4, -0.2) is 31.3 Å². The average Bonchev–Trinajstić information content (AvgIpc) is 3.06. The van der Waals surface area contributed by atoms with Gasteiger partial charge in [0.2, 0.25) is 15.7 Å². The molecule has 3 rings (SSSR count). The molecule has 1 aromatic heterocycles. The van der Waals surface area contributed by atoms with Crippen LogP contribution in [0.2, 0.25) is 5.02 Å². The normalized spacial score (nSPS) is 12.8. The summed E-state index contributed by atoms with van der Waals surface area (Å²) in [6, 6.07) is 8.81. The Morgan fingerprint density at radius 3 is 2.25 bits per heavy atom. The molecule has 0 fully saturated rings. The Morgan fingerprint density at radius 1 is 1.06 bits per heavy atom. The van der Waals surface area contributed by atoms with Crippen LogP contribution in [0, 0.1) is 19.8 Å². The monoisotopic (exact) mass is 476 g/mol. The molecule has 0 spiro atoms. The summed E-state index contributed by atoms with van der Waals surface area (Å²) in [5.41, 5.74) is 12.2. The fourth-order valence-corrected chi connectivity index (χ4v) is 5.52. The summed E-state index contributed by atoms with van der Waals surface area (Å²) in [6.45, 7) is 7.11. The minimum absolute atomic E-state index is 0.0649. The maximum absolute atomic E-state index is 13.7. The largest absolute Gasteiger partial charge is 0.368 e. The second-order valence-corrected chi connectivity index (χ2v) is 10.4. The number of hydrogen-bond donors (Lipinski definition) is 4. The molecule has 0 saturated carbocycles.